The first kappa shape index (κ1) is 24.7. The maximum Gasteiger partial charge on any atom is 0.335 e. The number of anilines is 1. The van der Waals surface area contributed by atoms with Crippen LogP contribution in [0.4, 0.5) is 10.5 Å². The first-order chi connectivity index (χ1) is 18.4. The van der Waals surface area contributed by atoms with Crippen molar-refractivity contribution >= 4 is 40.4 Å². The van der Waals surface area contributed by atoms with E-state index in [4.69, 9.17) is 4.74 Å². The smallest absolute Gasteiger partial charge is 0.335 e. The van der Waals surface area contributed by atoms with Gasteiger partial charge in [0, 0.05) is 0 Å². The Morgan fingerprint density at radius 2 is 1.66 bits per heavy atom. The topological polar surface area (TPSA) is 75.7 Å². The Balaban J connectivity index is 1.40. The van der Waals surface area contributed by atoms with Crippen molar-refractivity contribution in [2.45, 2.75) is 20.0 Å². The lowest BCUT2D eigenvalue weighted by molar-refractivity contribution is -0.122. The van der Waals surface area contributed by atoms with Crippen LogP contribution in [0.5, 0.6) is 5.75 Å². The van der Waals surface area contributed by atoms with Crippen LogP contribution in [0.25, 0.3) is 16.8 Å². The van der Waals surface area contributed by atoms with Crippen LogP contribution in [0.3, 0.4) is 0 Å². The van der Waals surface area contributed by atoms with Crippen LogP contribution in [0.2, 0.25) is 0 Å². The molecule has 4 aromatic rings. The molecule has 1 N–H and O–H groups in total. The van der Waals surface area contributed by atoms with E-state index in [1.807, 2.05) is 37.3 Å². The predicted molar refractivity (Wildman–Crippen MR) is 149 cm³/mol. The lowest BCUT2D eigenvalue weighted by atomic mass is 10.0. The molecular formula is C32H26N2O4. The molecule has 1 aliphatic rings. The second-order valence-electron chi connectivity index (χ2n) is 9.12. The highest BCUT2D eigenvalue weighted by atomic mass is 16.5. The standard InChI is InChI=1S/C32H26N2O4/c1-3-6-26-17-22(12-16-29(26)38-20-23-11-13-24-7-4-5-8-25(24)18-23)19-28-30(35)33-32(37)34(31(28)36)27-14-9-21(2)10-15-27/h3-5,7-19H,1,6,20H2,2H3,(H,33,35,37)/b28-19+. The monoisotopic (exact) mass is 502 g/mol. The van der Waals surface area contributed by atoms with Gasteiger partial charge in [-0.15, -0.1) is 6.58 Å². The van der Waals surface area contributed by atoms with Crippen LogP contribution in [-0.4, -0.2) is 17.8 Å². The van der Waals surface area contributed by atoms with Crippen LogP contribution in [-0.2, 0) is 22.6 Å². The molecule has 6 nitrogen and oxygen atoms in total. The molecule has 0 saturated carbocycles. The molecule has 0 aromatic heterocycles. The number of rotatable bonds is 7. The number of nitrogens with zero attached hydrogens (tertiary/aromatic N) is 1. The molecule has 1 aliphatic heterocycles. The summed E-state index contributed by atoms with van der Waals surface area (Å²) < 4.78 is 6.14. The van der Waals surface area contributed by atoms with E-state index < -0.39 is 17.8 Å². The maximum absolute atomic E-state index is 13.2. The summed E-state index contributed by atoms with van der Waals surface area (Å²) >= 11 is 0. The lowest BCUT2D eigenvalue weighted by Gasteiger charge is -2.26. The van der Waals surface area contributed by atoms with E-state index in [-0.39, 0.29) is 5.57 Å². The highest BCUT2D eigenvalue weighted by Gasteiger charge is 2.36. The number of nitrogens with one attached hydrogen (secondary N) is 1. The molecule has 1 fully saturated rings. The molecule has 0 bridgehead atoms. The van der Waals surface area contributed by atoms with E-state index in [0.717, 1.165) is 27.0 Å². The van der Waals surface area contributed by atoms with Crippen molar-refractivity contribution in [3.05, 3.63) is 125 Å². The third-order valence-corrected chi connectivity index (χ3v) is 6.36. The second-order valence-corrected chi connectivity index (χ2v) is 9.12. The van der Waals surface area contributed by atoms with Gasteiger partial charge in [0.15, 0.2) is 0 Å². The molecule has 0 unspecified atom stereocenters. The number of fused-ring (bicyclic) bond motifs is 1. The zero-order valence-corrected chi connectivity index (χ0v) is 20.9. The van der Waals surface area contributed by atoms with E-state index in [9.17, 15) is 14.4 Å². The van der Waals surface area contributed by atoms with E-state index in [1.165, 1.54) is 11.5 Å². The number of carbonyl (C=O) groups excluding carboxylic acids is 3. The molecular weight excluding hydrogens is 476 g/mol. The largest absolute Gasteiger partial charge is 0.489 e. The van der Waals surface area contributed by atoms with Gasteiger partial charge in [0.1, 0.15) is 17.9 Å². The molecule has 5 rings (SSSR count). The van der Waals surface area contributed by atoms with Crippen molar-refractivity contribution in [2.24, 2.45) is 0 Å². The van der Waals surface area contributed by atoms with E-state index in [2.05, 4.69) is 36.2 Å². The fourth-order valence-corrected chi connectivity index (χ4v) is 4.39. The average molecular weight is 503 g/mol. The summed E-state index contributed by atoms with van der Waals surface area (Å²) in [5, 5.41) is 4.58. The van der Waals surface area contributed by atoms with Crippen LogP contribution < -0.4 is 15.0 Å². The number of carbonyl (C=O) groups is 3. The molecule has 188 valence electrons. The van der Waals surface area contributed by atoms with Crippen molar-refractivity contribution in [1.82, 2.24) is 5.32 Å². The summed E-state index contributed by atoms with van der Waals surface area (Å²) in [6.07, 6.45) is 3.80. The molecule has 4 aromatic carbocycles. The number of aryl methyl sites for hydroxylation is 1. The van der Waals surface area contributed by atoms with E-state index in [0.29, 0.717) is 30.0 Å². The molecule has 1 saturated heterocycles. The van der Waals surface area contributed by atoms with Crippen molar-refractivity contribution in [3.8, 4) is 5.75 Å². The number of urea groups is 1. The Morgan fingerprint density at radius 3 is 2.42 bits per heavy atom. The molecule has 0 aliphatic carbocycles. The first-order valence-electron chi connectivity index (χ1n) is 12.3. The lowest BCUT2D eigenvalue weighted by Crippen LogP contribution is -2.54. The maximum atomic E-state index is 13.2. The minimum atomic E-state index is -0.772. The van der Waals surface area contributed by atoms with Gasteiger partial charge in [0.05, 0.1) is 5.69 Å². The fourth-order valence-electron chi connectivity index (χ4n) is 4.39. The summed E-state index contributed by atoms with van der Waals surface area (Å²) in [7, 11) is 0. The molecule has 6 heteroatoms. The molecule has 0 spiro atoms. The Morgan fingerprint density at radius 1 is 0.895 bits per heavy atom. The number of amides is 4. The summed E-state index contributed by atoms with van der Waals surface area (Å²) in [6, 6.07) is 26.0. The Bertz CT molecular complexity index is 1600. The normalized spacial score (nSPS) is 14.6. The van der Waals surface area contributed by atoms with Gasteiger partial charge in [0.2, 0.25) is 0 Å². The third-order valence-electron chi connectivity index (χ3n) is 6.36. The van der Waals surface area contributed by atoms with Gasteiger partial charge < -0.3 is 4.74 Å². The Kier molecular flexibility index (Phi) is 6.87. The van der Waals surface area contributed by atoms with Crippen LogP contribution in [0, 0.1) is 6.92 Å². The molecule has 4 amide bonds. The molecule has 0 radical (unpaired) electrons. The van der Waals surface area contributed by atoms with Crippen LogP contribution >= 0.6 is 0 Å². The summed E-state index contributed by atoms with van der Waals surface area (Å²) in [5.74, 6) is -0.717. The number of hydrogen-bond donors (Lipinski definition) is 1. The molecule has 0 atom stereocenters. The molecule has 1 heterocycles. The molecule has 38 heavy (non-hydrogen) atoms. The van der Waals surface area contributed by atoms with Crippen molar-refractivity contribution in [3.63, 3.8) is 0 Å². The number of ether oxygens (including phenoxy) is 1. The minimum Gasteiger partial charge on any atom is -0.489 e. The van der Waals surface area contributed by atoms with Gasteiger partial charge in [-0.1, -0.05) is 66.2 Å². The minimum absolute atomic E-state index is 0.125. The van der Waals surface area contributed by atoms with Crippen molar-refractivity contribution < 1.29 is 19.1 Å². The van der Waals surface area contributed by atoms with Gasteiger partial charge in [0.25, 0.3) is 11.8 Å². The van der Waals surface area contributed by atoms with Crippen LogP contribution in [0.15, 0.2) is 103 Å². The predicted octanol–water partition coefficient (Wildman–Crippen LogP) is 6.12. The number of hydrogen-bond acceptors (Lipinski definition) is 4. The Labute approximate surface area is 220 Å². The van der Waals surface area contributed by atoms with Gasteiger partial charge in [-0.3, -0.25) is 14.9 Å². The van der Waals surface area contributed by atoms with Gasteiger partial charge in [-0.2, -0.15) is 0 Å². The van der Waals surface area contributed by atoms with Gasteiger partial charge in [-0.25, -0.2) is 9.69 Å². The third kappa shape index (κ3) is 5.11. The number of allylic oxidation sites excluding steroid dienone is 1. The highest BCUT2D eigenvalue weighted by molar-refractivity contribution is 6.39. The van der Waals surface area contributed by atoms with Crippen molar-refractivity contribution in [1.29, 1.82) is 0 Å². The zero-order valence-electron chi connectivity index (χ0n) is 20.9. The number of benzene rings is 4. The van der Waals surface area contributed by atoms with E-state index >= 15 is 0 Å². The SMILES string of the molecule is C=CCc1cc(/C=C2\C(=O)NC(=O)N(c3ccc(C)cc3)C2=O)ccc1OCc1ccc2ccccc2c1. The summed E-state index contributed by atoms with van der Waals surface area (Å²) in [5.41, 5.74) is 3.80. The van der Waals surface area contributed by atoms with E-state index in [1.54, 1.807) is 36.4 Å². The summed E-state index contributed by atoms with van der Waals surface area (Å²) in [4.78, 5) is 39.2. The highest BCUT2D eigenvalue weighted by Crippen LogP contribution is 2.27. The fraction of sp³-hybridized carbons (Fsp3) is 0.0938. The second kappa shape index (κ2) is 10.6. The Hall–Kier alpha value is -4.97. The zero-order chi connectivity index (χ0) is 26.6. The van der Waals surface area contributed by atoms with Crippen LogP contribution in [0.1, 0.15) is 22.3 Å². The number of barbiturate groups is 1. The van der Waals surface area contributed by atoms with Crippen molar-refractivity contribution in [2.75, 3.05) is 4.90 Å². The quantitative estimate of drug-likeness (QED) is 0.188. The van der Waals surface area contributed by atoms with Gasteiger partial charge >= 0.3 is 6.03 Å². The first-order valence-corrected chi connectivity index (χ1v) is 12.3. The average Bonchev–Trinajstić information content (AvgIpc) is 2.91. The van der Waals surface area contributed by atoms with Gasteiger partial charge in [-0.05, 0) is 77.2 Å². The summed E-state index contributed by atoms with van der Waals surface area (Å²) in [6.45, 7) is 6.15. The number of imide groups is 2.